The molecular weight excluding hydrogens is 248 g/mol. The SMILES string of the molecule is CCCCCCCCCOC1CCC(CCCCC)O1. The molecular formula is C18H36O2. The van der Waals surface area contributed by atoms with Crippen molar-refractivity contribution in [3.05, 3.63) is 0 Å². The van der Waals surface area contributed by atoms with E-state index in [0.717, 1.165) is 13.0 Å². The molecule has 1 saturated heterocycles. The standard InChI is InChI=1S/C18H36O2/c1-3-5-7-8-9-10-12-16-19-18-15-14-17(20-18)13-11-6-4-2/h17-18H,3-16H2,1-2H3. The van der Waals surface area contributed by atoms with Gasteiger partial charge in [0.1, 0.15) is 0 Å². The van der Waals surface area contributed by atoms with E-state index in [1.807, 2.05) is 0 Å². The Labute approximate surface area is 126 Å². The first-order valence-corrected chi connectivity index (χ1v) is 9.13. The number of ether oxygens (including phenoxy) is 2. The zero-order valence-electron chi connectivity index (χ0n) is 13.9. The molecule has 20 heavy (non-hydrogen) atoms. The lowest BCUT2D eigenvalue weighted by molar-refractivity contribution is -0.135. The number of unbranched alkanes of at least 4 members (excludes halogenated alkanes) is 8. The van der Waals surface area contributed by atoms with Gasteiger partial charge in [0, 0.05) is 13.0 Å². The predicted molar refractivity (Wildman–Crippen MR) is 86.0 cm³/mol. The smallest absolute Gasteiger partial charge is 0.158 e. The van der Waals surface area contributed by atoms with Crippen molar-refractivity contribution in [2.75, 3.05) is 6.61 Å². The fraction of sp³-hybridized carbons (Fsp3) is 1.00. The van der Waals surface area contributed by atoms with Crippen LogP contribution in [0, 0.1) is 0 Å². The van der Waals surface area contributed by atoms with Crippen LogP contribution in [0.4, 0.5) is 0 Å². The summed E-state index contributed by atoms with van der Waals surface area (Å²) in [6.45, 7) is 5.41. The van der Waals surface area contributed by atoms with Gasteiger partial charge in [-0.1, -0.05) is 71.6 Å². The van der Waals surface area contributed by atoms with Crippen molar-refractivity contribution < 1.29 is 9.47 Å². The first-order chi connectivity index (χ1) is 9.86. The van der Waals surface area contributed by atoms with Crippen LogP contribution in [0.2, 0.25) is 0 Å². The molecule has 0 N–H and O–H groups in total. The largest absolute Gasteiger partial charge is 0.353 e. The highest BCUT2D eigenvalue weighted by atomic mass is 16.7. The Morgan fingerprint density at radius 3 is 2.20 bits per heavy atom. The van der Waals surface area contributed by atoms with E-state index in [0.29, 0.717) is 6.10 Å². The summed E-state index contributed by atoms with van der Waals surface area (Å²) < 4.78 is 11.8. The quantitative estimate of drug-likeness (QED) is 0.396. The second kappa shape index (κ2) is 12.6. The van der Waals surface area contributed by atoms with Gasteiger partial charge in [-0.05, 0) is 19.3 Å². The highest BCUT2D eigenvalue weighted by Crippen LogP contribution is 2.24. The van der Waals surface area contributed by atoms with E-state index >= 15 is 0 Å². The van der Waals surface area contributed by atoms with Crippen LogP contribution >= 0.6 is 0 Å². The summed E-state index contributed by atoms with van der Waals surface area (Å²) >= 11 is 0. The van der Waals surface area contributed by atoms with Crippen LogP contribution in [-0.4, -0.2) is 19.0 Å². The average Bonchev–Trinajstić information content (AvgIpc) is 2.90. The second-order valence-corrected chi connectivity index (χ2v) is 6.25. The monoisotopic (exact) mass is 284 g/mol. The molecule has 2 unspecified atom stereocenters. The lowest BCUT2D eigenvalue weighted by atomic mass is 10.1. The van der Waals surface area contributed by atoms with Crippen molar-refractivity contribution >= 4 is 0 Å². The average molecular weight is 284 g/mol. The molecule has 2 heteroatoms. The van der Waals surface area contributed by atoms with Crippen LogP contribution in [-0.2, 0) is 9.47 Å². The third kappa shape index (κ3) is 8.97. The fourth-order valence-corrected chi connectivity index (χ4v) is 2.90. The Morgan fingerprint density at radius 2 is 1.45 bits per heavy atom. The van der Waals surface area contributed by atoms with Crippen molar-refractivity contribution in [1.29, 1.82) is 0 Å². The third-order valence-corrected chi connectivity index (χ3v) is 4.25. The van der Waals surface area contributed by atoms with Crippen LogP contribution in [0.3, 0.4) is 0 Å². The summed E-state index contributed by atoms with van der Waals surface area (Å²) in [5.74, 6) is 0. The molecule has 1 fully saturated rings. The molecule has 0 aromatic rings. The molecule has 1 aliphatic heterocycles. The Bertz CT molecular complexity index is 206. The van der Waals surface area contributed by atoms with Crippen molar-refractivity contribution in [2.24, 2.45) is 0 Å². The fourth-order valence-electron chi connectivity index (χ4n) is 2.90. The van der Waals surface area contributed by atoms with E-state index in [2.05, 4.69) is 13.8 Å². The molecule has 2 nitrogen and oxygen atoms in total. The molecule has 0 aliphatic carbocycles. The van der Waals surface area contributed by atoms with Gasteiger partial charge in [0.2, 0.25) is 0 Å². The number of hydrogen-bond donors (Lipinski definition) is 0. The van der Waals surface area contributed by atoms with Gasteiger partial charge in [-0.25, -0.2) is 0 Å². The molecule has 2 atom stereocenters. The molecule has 0 aromatic carbocycles. The topological polar surface area (TPSA) is 18.5 Å². The molecule has 0 spiro atoms. The summed E-state index contributed by atoms with van der Waals surface area (Å²) in [7, 11) is 0. The highest BCUT2D eigenvalue weighted by Gasteiger charge is 2.24. The molecule has 1 heterocycles. The lowest BCUT2D eigenvalue weighted by Gasteiger charge is -2.14. The Kier molecular flexibility index (Phi) is 11.4. The Balaban J connectivity index is 1.86. The molecule has 0 amide bonds. The van der Waals surface area contributed by atoms with Gasteiger partial charge in [0.25, 0.3) is 0 Å². The summed E-state index contributed by atoms with van der Waals surface area (Å²) in [6.07, 6.45) is 17.5. The van der Waals surface area contributed by atoms with E-state index in [-0.39, 0.29) is 6.29 Å². The predicted octanol–water partition coefficient (Wildman–Crippen LogP) is 5.84. The van der Waals surface area contributed by atoms with Gasteiger partial charge >= 0.3 is 0 Å². The van der Waals surface area contributed by atoms with Crippen molar-refractivity contribution in [3.8, 4) is 0 Å². The van der Waals surface area contributed by atoms with Crippen LogP contribution in [0.5, 0.6) is 0 Å². The Hall–Kier alpha value is -0.0800. The van der Waals surface area contributed by atoms with E-state index < -0.39 is 0 Å². The maximum Gasteiger partial charge on any atom is 0.158 e. The normalized spacial score (nSPS) is 22.5. The van der Waals surface area contributed by atoms with Crippen LogP contribution in [0.15, 0.2) is 0 Å². The molecule has 0 aromatic heterocycles. The molecule has 1 aliphatic rings. The van der Waals surface area contributed by atoms with Crippen molar-refractivity contribution in [1.82, 2.24) is 0 Å². The molecule has 1 rings (SSSR count). The molecule has 0 bridgehead atoms. The maximum absolute atomic E-state index is 5.95. The van der Waals surface area contributed by atoms with Gasteiger partial charge in [-0.2, -0.15) is 0 Å². The zero-order valence-corrected chi connectivity index (χ0v) is 13.9. The van der Waals surface area contributed by atoms with E-state index in [9.17, 15) is 0 Å². The summed E-state index contributed by atoms with van der Waals surface area (Å²) in [4.78, 5) is 0. The molecule has 0 radical (unpaired) electrons. The van der Waals surface area contributed by atoms with E-state index in [1.54, 1.807) is 0 Å². The number of hydrogen-bond acceptors (Lipinski definition) is 2. The first-order valence-electron chi connectivity index (χ1n) is 9.13. The van der Waals surface area contributed by atoms with Crippen LogP contribution in [0.25, 0.3) is 0 Å². The van der Waals surface area contributed by atoms with Crippen LogP contribution in [0.1, 0.15) is 97.3 Å². The summed E-state index contributed by atoms with van der Waals surface area (Å²) in [5, 5.41) is 0. The van der Waals surface area contributed by atoms with Gasteiger partial charge in [-0.3, -0.25) is 0 Å². The van der Waals surface area contributed by atoms with Crippen molar-refractivity contribution in [2.45, 2.75) is 110 Å². The highest BCUT2D eigenvalue weighted by molar-refractivity contribution is 4.68. The minimum absolute atomic E-state index is 0.0988. The van der Waals surface area contributed by atoms with E-state index in [4.69, 9.17) is 9.47 Å². The van der Waals surface area contributed by atoms with Gasteiger partial charge in [0.15, 0.2) is 6.29 Å². The zero-order chi connectivity index (χ0) is 14.5. The lowest BCUT2D eigenvalue weighted by Crippen LogP contribution is -2.15. The second-order valence-electron chi connectivity index (χ2n) is 6.25. The van der Waals surface area contributed by atoms with Gasteiger partial charge < -0.3 is 9.47 Å². The molecule has 120 valence electrons. The third-order valence-electron chi connectivity index (χ3n) is 4.25. The minimum atomic E-state index is 0.0988. The maximum atomic E-state index is 5.95. The van der Waals surface area contributed by atoms with Gasteiger partial charge in [-0.15, -0.1) is 0 Å². The van der Waals surface area contributed by atoms with Crippen LogP contribution < -0.4 is 0 Å². The Morgan fingerprint density at radius 1 is 0.800 bits per heavy atom. The van der Waals surface area contributed by atoms with Crippen molar-refractivity contribution in [3.63, 3.8) is 0 Å². The van der Waals surface area contributed by atoms with Gasteiger partial charge in [0.05, 0.1) is 6.10 Å². The first kappa shape index (κ1) is 18.0. The summed E-state index contributed by atoms with van der Waals surface area (Å²) in [6, 6.07) is 0. The molecule has 0 saturated carbocycles. The minimum Gasteiger partial charge on any atom is -0.353 e. The summed E-state index contributed by atoms with van der Waals surface area (Å²) in [5.41, 5.74) is 0. The van der Waals surface area contributed by atoms with E-state index in [1.165, 1.54) is 77.0 Å². The number of rotatable bonds is 13.